The Morgan fingerprint density at radius 3 is 2.55 bits per heavy atom. The van der Waals surface area contributed by atoms with Crippen molar-refractivity contribution in [2.45, 2.75) is 6.42 Å². The summed E-state index contributed by atoms with van der Waals surface area (Å²) in [5.74, 6) is -0.893. The highest BCUT2D eigenvalue weighted by Gasteiger charge is 2.33. The van der Waals surface area contributed by atoms with Gasteiger partial charge in [-0.3, -0.25) is 14.9 Å². The molecule has 0 saturated carbocycles. The number of carbonyl (C=O) groups excluding carboxylic acids is 3. The van der Waals surface area contributed by atoms with E-state index in [-0.39, 0.29) is 12.3 Å². The summed E-state index contributed by atoms with van der Waals surface area (Å²) >= 11 is 3.33. The topological polar surface area (TPSA) is 66.5 Å². The number of rotatable bonds is 1. The number of hydrogen-bond acceptors (Lipinski definition) is 3. The van der Waals surface area contributed by atoms with Crippen LogP contribution >= 0.6 is 15.9 Å². The molecule has 3 rings (SSSR count). The van der Waals surface area contributed by atoms with Gasteiger partial charge >= 0.3 is 6.03 Å². The Kier molecular flexibility index (Phi) is 3.77. The largest absolute Gasteiger partial charge is 0.335 e. The number of urea groups is 1. The van der Waals surface area contributed by atoms with Crippen molar-refractivity contribution >= 4 is 39.5 Å². The van der Waals surface area contributed by atoms with Gasteiger partial charge in [0.1, 0.15) is 0 Å². The summed E-state index contributed by atoms with van der Waals surface area (Å²) in [5, 5.41) is 2.24. The number of amides is 4. The van der Waals surface area contributed by atoms with Gasteiger partial charge in [0.2, 0.25) is 5.91 Å². The maximum absolute atomic E-state index is 12.2. The zero-order chi connectivity index (χ0) is 15.7. The van der Waals surface area contributed by atoms with Gasteiger partial charge < -0.3 is 0 Å². The summed E-state index contributed by atoms with van der Waals surface area (Å²) in [4.78, 5) is 37.3. The maximum atomic E-state index is 12.2. The number of carbonyl (C=O) groups is 3. The third-order valence-electron chi connectivity index (χ3n) is 3.33. The molecule has 2 aromatic rings. The van der Waals surface area contributed by atoms with E-state index in [0.29, 0.717) is 11.3 Å². The lowest BCUT2D eigenvalue weighted by molar-refractivity contribution is -0.116. The Hall–Kier alpha value is -2.47. The van der Waals surface area contributed by atoms with E-state index in [4.69, 9.17) is 0 Å². The zero-order valence-corrected chi connectivity index (χ0v) is 13.0. The van der Waals surface area contributed by atoms with Crippen LogP contribution in [0.3, 0.4) is 0 Å². The maximum Gasteiger partial charge on any atom is 0.335 e. The van der Waals surface area contributed by atoms with Gasteiger partial charge in [0, 0.05) is 10.0 Å². The quantitative estimate of drug-likeness (QED) is 0.852. The van der Waals surface area contributed by atoms with Crippen molar-refractivity contribution in [3.05, 3.63) is 64.1 Å². The van der Waals surface area contributed by atoms with Crippen LogP contribution in [0.2, 0.25) is 0 Å². The molecular formula is C16H11BrN2O3. The van der Waals surface area contributed by atoms with Gasteiger partial charge in [-0.05, 0) is 35.9 Å². The molecule has 0 bridgehead atoms. The number of benzene rings is 2. The first-order chi connectivity index (χ1) is 10.6. The smallest absolute Gasteiger partial charge is 0.274 e. The molecular weight excluding hydrogens is 348 g/mol. The van der Waals surface area contributed by atoms with Crippen molar-refractivity contribution in [3.63, 3.8) is 0 Å². The molecule has 6 heteroatoms. The average Bonchev–Trinajstić information content (AvgIpc) is 2.83. The van der Waals surface area contributed by atoms with Gasteiger partial charge in [0.15, 0.2) is 0 Å². The minimum atomic E-state index is -0.736. The molecule has 5 nitrogen and oxygen atoms in total. The van der Waals surface area contributed by atoms with Crippen LogP contribution in [0.15, 0.2) is 53.0 Å². The molecule has 0 aliphatic carbocycles. The number of halogens is 1. The highest BCUT2D eigenvalue weighted by molar-refractivity contribution is 9.10. The van der Waals surface area contributed by atoms with E-state index in [1.807, 2.05) is 0 Å². The van der Waals surface area contributed by atoms with Gasteiger partial charge in [-0.1, -0.05) is 34.1 Å². The molecule has 1 aliphatic heterocycles. The number of nitrogens with one attached hydrogen (secondary N) is 1. The lowest BCUT2D eigenvalue weighted by Crippen LogP contribution is -2.44. The van der Waals surface area contributed by atoms with Crippen LogP contribution in [0.4, 0.5) is 10.5 Å². The summed E-state index contributed by atoms with van der Waals surface area (Å²) in [6.07, 6.45) is 0.141. The van der Waals surface area contributed by atoms with Crippen molar-refractivity contribution in [1.29, 1.82) is 0 Å². The second-order valence-electron chi connectivity index (χ2n) is 4.80. The molecule has 22 heavy (non-hydrogen) atoms. The van der Waals surface area contributed by atoms with Gasteiger partial charge in [-0.15, -0.1) is 0 Å². The Bertz CT molecular complexity index is 774. The normalized spacial score (nSPS) is 13.0. The van der Waals surface area contributed by atoms with Gasteiger partial charge in [-0.25, -0.2) is 9.69 Å². The Balaban J connectivity index is 1.82. The van der Waals surface area contributed by atoms with Crippen LogP contribution < -0.4 is 10.2 Å². The van der Waals surface area contributed by atoms with E-state index in [1.54, 1.807) is 48.5 Å². The molecule has 0 radical (unpaired) electrons. The van der Waals surface area contributed by atoms with Crippen molar-refractivity contribution in [1.82, 2.24) is 5.32 Å². The van der Waals surface area contributed by atoms with Crippen molar-refractivity contribution in [3.8, 4) is 0 Å². The average molecular weight is 359 g/mol. The van der Waals surface area contributed by atoms with Gasteiger partial charge in [-0.2, -0.15) is 0 Å². The minimum Gasteiger partial charge on any atom is -0.274 e. The number of fused-ring (bicyclic) bond motifs is 1. The van der Waals surface area contributed by atoms with Gasteiger partial charge in [0.25, 0.3) is 5.91 Å². The number of hydrogen-bond donors (Lipinski definition) is 1. The summed E-state index contributed by atoms with van der Waals surface area (Å²) in [6, 6.07) is 12.9. The van der Waals surface area contributed by atoms with E-state index in [0.717, 1.165) is 14.9 Å². The third kappa shape index (κ3) is 2.65. The minimum absolute atomic E-state index is 0.141. The molecule has 1 heterocycles. The molecule has 2 aromatic carbocycles. The predicted octanol–water partition coefficient (Wildman–Crippen LogP) is 2.89. The molecule has 0 aromatic heterocycles. The Morgan fingerprint density at radius 1 is 1.09 bits per heavy atom. The Labute approximate surface area is 135 Å². The van der Waals surface area contributed by atoms with Crippen LogP contribution in [-0.4, -0.2) is 17.8 Å². The highest BCUT2D eigenvalue weighted by Crippen LogP contribution is 2.31. The van der Waals surface area contributed by atoms with E-state index in [2.05, 4.69) is 21.2 Å². The monoisotopic (exact) mass is 358 g/mol. The van der Waals surface area contributed by atoms with Crippen molar-refractivity contribution in [2.24, 2.45) is 0 Å². The van der Waals surface area contributed by atoms with Crippen molar-refractivity contribution < 1.29 is 14.4 Å². The first-order valence-corrected chi connectivity index (χ1v) is 7.37. The molecule has 0 fully saturated rings. The zero-order valence-electron chi connectivity index (χ0n) is 11.4. The summed E-state index contributed by atoms with van der Waals surface area (Å²) in [7, 11) is 0. The SMILES string of the molecule is O=C(NC(=O)N1C(=O)Cc2cc(Br)ccc21)c1ccccc1. The second kappa shape index (κ2) is 5.73. The van der Waals surface area contributed by atoms with Gasteiger partial charge in [0.05, 0.1) is 12.1 Å². The van der Waals surface area contributed by atoms with Crippen LogP contribution in [-0.2, 0) is 11.2 Å². The van der Waals surface area contributed by atoms with E-state index >= 15 is 0 Å². The first kappa shape index (κ1) is 14.5. The molecule has 4 amide bonds. The summed E-state index contributed by atoms with van der Waals surface area (Å²) in [6.45, 7) is 0. The van der Waals surface area contributed by atoms with E-state index in [9.17, 15) is 14.4 Å². The van der Waals surface area contributed by atoms with Crippen LogP contribution in [0.1, 0.15) is 15.9 Å². The van der Waals surface area contributed by atoms with Crippen LogP contribution in [0.5, 0.6) is 0 Å². The fraction of sp³-hybridized carbons (Fsp3) is 0.0625. The second-order valence-corrected chi connectivity index (χ2v) is 5.72. The molecule has 0 atom stereocenters. The summed E-state index contributed by atoms with van der Waals surface area (Å²) in [5.41, 5.74) is 1.62. The Morgan fingerprint density at radius 2 is 1.82 bits per heavy atom. The van der Waals surface area contributed by atoms with Crippen molar-refractivity contribution in [2.75, 3.05) is 4.90 Å². The molecule has 0 unspecified atom stereocenters. The molecule has 0 spiro atoms. The lowest BCUT2D eigenvalue weighted by atomic mass is 10.2. The molecule has 0 saturated heterocycles. The standard InChI is InChI=1S/C16H11BrN2O3/c17-12-6-7-13-11(8-12)9-14(20)19(13)16(22)18-15(21)10-4-2-1-3-5-10/h1-8H,9H2,(H,18,21,22). The fourth-order valence-corrected chi connectivity index (χ4v) is 2.74. The number of anilines is 1. The van der Waals surface area contributed by atoms with Crippen LogP contribution in [0, 0.1) is 0 Å². The predicted molar refractivity (Wildman–Crippen MR) is 84.6 cm³/mol. The highest BCUT2D eigenvalue weighted by atomic mass is 79.9. The number of imide groups is 2. The lowest BCUT2D eigenvalue weighted by Gasteiger charge is -2.15. The van der Waals surface area contributed by atoms with E-state index in [1.165, 1.54) is 0 Å². The summed E-state index contributed by atoms with van der Waals surface area (Å²) < 4.78 is 0.835. The fourth-order valence-electron chi connectivity index (χ4n) is 2.33. The molecule has 1 N–H and O–H groups in total. The molecule has 1 aliphatic rings. The first-order valence-electron chi connectivity index (χ1n) is 6.58. The van der Waals surface area contributed by atoms with Crippen LogP contribution in [0.25, 0.3) is 0 Å². The number of nitrogens with zero attached hydrogens (tertiary/aromatic N) is 1. The third-order valence-corrected chi connectivity index (χ3v) is 3.83. The molecule has 110 valence electrons. The van der Waals surface area contributed by atoms with E-state index < -0.39 is 11.9 Å².